The molecule has 0 spiro atoms. The third kappa shape index (κ3) is 5.74. The molecule has 24 heavy (non-hydrogen) atoms. The molecule has 0 radical (unpaired) electrons. The molecule has 0 bridgehead atoms. The second-order valence-electron chi connectivity index (χ2n) is 5.39. The lowest BCUT2D eigenvalue weighted by molar-refractivity contribution is -0.117. The maximum absolute atomic E-state index is 12.2. The van der Waals surface area contributed by atoms with Gasteiger partial charge in [0.15, 0.2) is 0 Å². The van der Waals surface area contributed by atoms with E-state index in [0.29, 0.717) is 24.3 Å². The monoisotopic (exact) mass is 409 g/mol. The van der Waals surface area contributed by atoms with Gasteiger partial charge in [0, 0.05) is 39.1 Å². The van der Waals surface area contributed by atoms with E-state index in [9.17, 15) is 9.59 Å². The van der Waals surface area contributed by atoms with Gasteiger partial charge in [0.2, 0.25) is 5.91 Å². The summed E-state index contributed by atoms with van der Waals surface area (Å²) >= 11 is 5.08. The standard InChI is InChI=1S/C17H20BrN3O2S/c1-3-19-17(23)12-5-4-6-14(7-12)20-16(22)10-21(2)9-15-8-13(18)11-24-15/h4-8,11H,3,9-10H2,1-2H3,(H,19,23)(H,20,22). The highest BCUT2D eigenvalue weighted by Crippen LogP contribution is 2.20. The predicted molar refractivity (Wildman–Crippen MR) is 101 cm³/mol. The van der Waals surface area contributed by atoms with Crippen molar-refractivity contribution in [3.63, 3.8) is 0 Å². The Kier molecular flexibility index (Phi) is 6.96. The Morgan fingerprint density at radius 3 is 2.75 bits per heavy atom. The second-order valence-corrected chi connectivity index (χ2v) is 7.30. The fraction of sp³-hybridized carbons (Fsp3) is 0.294. The number of amides is 2. The summed E-state index contributed by atoms with van der Waals surface area (Å²) in [4.78, 5) is 27.1. The first-order valence-corrected chi connectivity index (χ1v) is 9.24. The highest BCUT2D eigenvalue weighted by molar-refractivity contribution is 9.10. The van der Waals surface area contributed by atoms with E-state index < -0.39 is 0 Å². The van der Waals surface area contributed by atoms with E-state index in [0.717, 1.165) is 4.47 Å². The lowest BCUT2D eigenvalue weighted by atomic mass is 10.2. The van der Waals surface area contributed by atoms with E-state index in [1.807, 2.05) is 24.3 Å². The Labute approximate surface area is 154 Å². The summed E-state index contributed by atoms with van der Waals surface area (Å²) in [5, 5.41) is 7.60. The fourth-order valence-electron chi connectivity index (χ4n) is 2.21. The minimum absolute atomic E-state index is 0.110. The molecule has 0 atom stereocenters. The smallest absolute Gasteiger partial charge is 0.251 e. The number of halogens is 1. The third-order valence-electron chi connectivity index (χ3n) is 3.21. The number of thiophene rings is 1. The van der Waals surface area contributed by atoms with Crippen LogP contribution >= 0.6 is 27.3 Å². The highest BCUT2D eigenvalue weighted by atomic mass is 79.9. The van der Waals surface area contributed by atoms with Crippen LogP contribution < -0.4 is 10.6 Å². The van der Waals surface area contributed by atoms with E-state index in [1.54, 1.807) is 35.6 Å². The SMILES string of the molecule is CCNC(=O)c1cccc(NC(=O)CN(C)Cc2cc(Br)cs2)c1. The van der Waals surface area contributed by atoms with Crippen LogP contribution in [0.3, 0.4) is 0 Å². The minimum atomic E-state index is -0.144. The molecule has 1 heterocycles. The maximum atomic E-state index is 12.2. The molecule has 0 aliphatic rings. The van der Waals surface area contributed by atoms with Gasteiger partial charge in [0.05, 0.1) is 6.54 Å². The summed E-state index contributed by atoms with van der Waals surface area (Å²) < 4.78 is 1.06. The number of nitrogens with zero attached hydrogens (tertiary/aromatic N) is 1. The lowest BCUT2D eigenvalue weighted by Gasteiger charge is -2.15. The summed E-state index contributed by atoms with van der Waals surface area (Å²) in [7, 11) is 1.90. The Morgan fingerprint density at radius 2 is 2.08 bits per heavy atom. The number of nitrogens with one attached hydrogen (secondary N) is 2. The predicted octanol–water partition coefficient (Wildman–Crippen LogP) is 3.33. The van der Waals surface area contributed by atoms with Crippen LogP contribution in [0.5, 0.6) is 0 Å². The van der Waals surface area contributed by atoms with E-state index >= 15 is 0 Å². The molecule has 2 amide bonds. The summed E-state index contributed by atoms with van der Waals surface area (Å²) in [5.74, 6) is -0.254. The van der Waals surface area contributed by atoms with Gasteiger partial charge < -0.3 is 10.6 Å². The zero-order valence-corrected chi connectivity index (χ0v) is 16.0. The number of rotatable bonds is 7. The third-order valence-corrected chi connectivity index (χ3v) is 4.89. The number of carbonyl (C=O) groups excluding carboxylic acids is 2. The average molecular weight is 410 g/mol. The van der Waals surface area contributed by atoms with Gasteiger partial charge in [-0.25, -0.2) is 0 Å². The Hall–Kier alpha value is -1.70. The second kappa shape index (κ2) is 8.96. The van der Waals surface area contributed by atoms with Crippen molar-refractivity contribution in [3.05, 3.63) is 50.6 Å². The zero-order valence-electron chi connectivity index (χ0n) is 13.6. The van der Waals surface area contributed by atoms with Crippen molar-refractivity contribution in [2.45, 2.75) is 13.5 Å². The van der Waals surface area contributed by atoms with Crippen molar-refractivity contribution in [1.82, 2.24) is 10.2 Å². The molecule has 2 N–H and O–H groups in total. The quantitative estimate of drug-likeness (QED) is 0.736. The largest absolute Gasteiger partial charge is 0.352 e. The van der Waals surface area contributed by atoms with Crippen LogP contribution in [0, 0.1) is 0 Å². The van der Waals surface area contributed by atoms with Crippen LogP contribution in [0.25, 0.3) is 0 Å². The number of anilines is 1. The molecular weight excluding hydrogens is 390 g/mol. The van der Waals surface area contributed by atoms with E-state index in [4.69, 9.17) is 0 Å². The first-order chi connectivity index (χ1) is 11.5. The molecule has 128 valence electrons. The Bertz CT molecular complexity index is 717. The molecule has 0 saturated carbocycles. The van der Waals surface area contributed by atoms with Crippen LogP contribution in [0.1, 0.15) is 22.2 Å². The van der Waals surface area contributed by atoms with Crippen molar-refractivity contribution in [2.75, 3.05) is 25.5 Å². The molecule has 2 rings (SSSR count). The van der Waals surface area contributed by atoms with E-state index in [-0.39, 0.29) is 18.4 Å². The van der Waals surface area contributed by atoms with Gasteiger partial charge in [0.25, 0.3) is 5.91 Å². The number of carbonyl (C=O) groups is 2. The molecule has 7 heteroatoms. The van der Waals surface area contributed by atoms with Gasteiger partial charge in [0.1, 0.15) is 0 Å². The number of hydrogen-bond acceptors (Lipinski definition) is 4. The Balaban J connectivity index is 1.89. The lowest BCUT2D eigenvalue weighted by Crippen LogP contribution is -2.29. The van der Waals surface area contributed by atoms with Crippen molar-refractivity contribution in [3.8, 4) is 0 Å². The van der Waals surface area contributed by atoms with Gasteiger partial charge in [-0.1, -0.05) is 6.07 Å². The summed E-state index contributed by atoms with van der Waals surface area (Å²) in [6, 6.07) is 8.99. The van der Waals surface area contributed by atoms with Crippen molar-refractivity contribution in [2.24, 2.45) is 0 Å². The first-order valence-electron chi connectivity index (χ1n) is 7.57. The summed E-state index contributed by atoms with van der Waals surface area (Å²) in [6.07, 6.45) is 0. The average Bonchev–Trinajstić information content (AvgIpc) is 2.92. The molecule has 2 aromatic rings. The van der Waals surface area contributed by atoms with Crippen LogP contribution in [-0.2, 0) is 11.3 Å². The van der Waals surface area contributed by atoms with Crippen LogP contribution in [0.4, 0.5) is 5.69 Å². The first kappa shape index (κ1) is 18.6. The molecule has 5 nitrogen and oxygen atoms in total. The number of benzene rings is 1. The molecule has 0 aliphatic carbocycles. The molecule has 0 saturated heterocycles. The summed E-state index contributed by atoms with van der Waals surface area (Å²) in [6.45, 7) is 3.42. The Morgan fingerprint density at radius 1 is 1.29 bits per heavy atom. The van der Waals surface area contributed by atoms with Crippen LogP contribution in [0.15, 0.2) is 40.2 Å². The molecular formula is C17H20BrN3O2S. The molecule has 0 unspecified atom stereocenters. The van der Waals surface area contributed by atoms with Gasteiger partial charge in [-0.15, -0.1) is 11.3 Å². The van der Waals surface area contributed by atoms with Crippen LogP contribution in [0.2, 0.25) is 0 Å². The maximum Gasteiger partial charge on any atom is 0.251 e. The summed E-state index contributed by atoms with van der Waals surface area (Å²) in [5.41, 5.74) is 1.16. The van der Waals surface area contributed by atoms with Gasteiger partial charge in [-0.3, -0.25) is 14.5 Å². The normalized spacial score (nSPS) is 10.7. The number of likely N-dealkylation sites (N-methyl/N-ethyl adjacent to an activating group) is 1. The van der Waals surface area contributed by atoms with E-state index in [2.05, 4.69) is 32.6 Å². The fourth-order valence-corrected chi connectivity index (χ4v) is 3.74. The van der Waals surface area contributed by atoms with Crippen molar-refractivity contribution >= 4 is 44.8 Å². The van der Waals surface area contributed by atoms with Gasteiger partial charge >= 0.3 is 0 Å². The van der Waals surface area contributed by atoms with Crippen molar-refractivity contribution in [1.29, 1.82) is 0 Å². The zero-order chi connectivity index (χ0) is 17.5. The highest BCUT2D eigenvalue weighted by Gasteiger charge is 2.10. The molecule has 1 aromatic heterocycles. The van der Waals surface area contributed by atoms with Crippen LogP contribution in [-0.4, -0.2) is 36.9 Å². The number of hydrogen-bond donors (Lipinski definition) is 2. The van der Waals surface area contributed by atoms with Gasteiger partial charge in [-0.05, 0) is 54.2 Å². The van der Waals surface area contributed by atoms with Crippen molar-refractivity contribution < 1.29 is 9.59 Å². The minimum Gasteiger partial charge on any atom is -0.352 e. The van der Waals surface area contributed by atoms with Gasteiger partial charge in [-0.2, -0.15) is 0 Å². The topological polar surface area (TPSA) is 61.4 Å². The van der Waals surface area contributed by atoms with E-state index in [1.165, 1.54) is 4.88 Å². The molecule has 1 aromatic carbocycles. The molecule has 0 fully saturated rings. The molecule has 0 aliphatic heterocycles.